The summed E-state index contributed by atoms with van der Waals surface area (Å²) in [5, 5.41) is 27.7. The Balaban J connectivity index is 3.86. The van der Waals surface area contributed by atoms with Crippen molar-refractivity contribution in [2.75, 3.05) is 0 Å². The number of carboxylic acids is 1. The van der Waals surface area contributed by atoms with E-state index in [0.29, 0.717) is 19.3 Å². The van der Waals surface area contributed by atoms with Crippen molar-refractivity contribution in [3.63, 3.8) is 0 Å². The van der Waals surface area contributed by atoms with Gasteiger partial charge in [0.1, 0.15) is 0 Å². The minimum atomic E-state index is -0.880. The molecule has 0 fully saturated rings. The summed E-state index contributed by atoms with van der Waals surface area (Å²) in [6.45, 7) is 0. The van der Waals surface area contributed by atoms with Crippen molar-refractivity contribution in [1.82, 2.24) is 0 Å². The van der Waals surface area contributed by atoms with Gasteiger partial charge in [-0.2, -0.15) is 0 Å². The second-order valence-electron chi connectivity index (χ2n) is 4.08. The molecule has 2 atom stereocenters. The summed E-state index contributed by atoms with van der Waals surface area (Å²) in [4.78, 5) is 10.3. The minimum absolute atomic E-state index is 0.0804. The van der Waals surface area contributed by atoms with E-state index in [4.69, 9.17) is 11.5 Å². The molecule has 106 valence electrons. The van der Waals surface area contributed by atoms with Crippen molar-refractivity contribution in [1.29, 1.82) is 0 Å². The molecule has 3 N–H and O–H groups in total. The molecular weight excluding hydrogens is 256 g/mol. The van der Waals surface area contributed by atoms with E-state index in [2.05, 4.69) is 29.6 Å². The molecule has 4 heteroatoms. The van der Waals surface area contributed by atoms with Gasteiger partial charge in [0.05, 0.1) is 12.2 Å². The van der Waals surface area contributed by atoms with Crippen LogP contribution in [-0.2, 0) is 4.79 Å². The first-order chi connectivity index (χ1) is 9.57. The van der Waals surface area contributed by atoms with Gasteiger partial charge < -0.3 is 15.3 Å². The van der Waals surface area contributed by atoms with Gasteiger partial charge in [0.15, 0.2) is 0 Å². The Morgan fingerprint density at radius 1 is 1.15 bits per heavy atom. The molecule has 0 aliphatic heterocycles. The highest BCUT2D eigenvalue weighted by Crippen LogP contribution is 2.09. The first-order valence-corrected chi connectivity index (χ1v) is 6.27. The summed E-state index contributed by atoms with van der Waals surface area (Å²) >= 11 is 0. The molecule has 0 aliphatic carbocycles. The van der Waals surface area contributed by atoms with Crippen molar-refractivity contribution in [2.45, 2.75) is 44.3 Å². The van der Waals surface area contributed by atoms with E-state index in [1.165, 1.54) is 6.08 Å². The predicted octanol–water partition coefficient (Wildman–Crippen LogP) is 0.940. The van der Waals surface area contributed by atoms with E-state index in [0.717, 1.165) is 0 Å². The van der Waals surface area contributed by atoms with Crippen molar-refractivity contribution >= 4 is 5.97 Å². The normalized spacial score (nSPS) is 12.4. The molecule has 0 aromatic heterocycles. The summed E-state index contributed by atoms with van der Waals surface area (Å²) < 4.78 is 0. The van der Waals surface area contributed by atoms with Crippen molar-refractivity contribution in [3.8, 4) is 36.0 Å². The Labute approximate surface area is 119 Å². The number of carboxylic acid groups (broad SMARTS) is 1. The lowest BCUT2D eigenvalue weighted by Gasteiger charge is -2.15. The zero-order valence-corrected chi connectivity index (χ0v) is 11.2. The first kappa shape index (κ1) is 17.8. The molecule has 0 saturated heterocycles. The highest BCUT2D eigenvalue weighted by Gasteiger charge is 2.14. The van der Waals surface area contributed by atoms with Gasteiger partial charge >= 0.3 is 5.97 Å². The number of aliphatic hydroxyl groups excluding tert-OH is 2. The van der Waals surface area contributed by atoms with Crippen LogP contribution in [0.2, 0.25) is 0 Å². The van der Waals surface area contributed by atoms with Gasteiger partial charge in [0, 0.05) is 6.42 Å². The van der Waals surface area contributed by atoms with Crippen LogP contribution >= 0.6 is 0 Å². The van der Waals surface area contributed by atoms with E-state index in [1.807, 2.05) is 0 Å². The number of hydrogen-bond acceptors (Lipinski definition) is 3. The molecule has 0 heterocycles. The van der Waals surface area contributed by atoms with Gasteiger partial charge in [-0.05, 0) is 49.0 Å². The molecule has 0 radical (unpaired) electrons. The van der Waals surface area contributed by atoms with Crippen LogP contribution in [0.15, 0.2) is 12.2 Å². The fourth-order valence-electron chi connectivity index (χ4n) is 1.39. The Hall–Kier alpha value is -2.19. The van der Waals surface area contributed by atoms with Gasteiger partial charge in [-0.25, -0.2) is 0 Å². The summed E-state index contributed by atoms with van der Waals surface area (Å²) in [6.07, 6.45) is 8.13. The molecule has 2 unspecified atom stereocenters. The highest BCUT2D eigenvalue weighted by molar-refractivity contribution is 5.66. The second-order valence-corrected chi connectivity index (χ2v) is 4.08. The van der Waals surface area contributed by atoms with Crippen LogP contribution in [0.4, 0.5) is 0 Å². The molecule has 4 nitrogen and oxygen atoms in total. The quantitative estimate of drug-likeness (QED) is 0.455. The fourth-order valence-corrected chi connectivity index (χ4v) is 1.39. The summed E-state index contributed by atoms with van der Waals surface area (Å²) in [5.74, 6) is 11.2. The topological polar surface area (TPSA) is 77.8 Å². The van der Waals surface area contributed by atoms with Crippen LogP contribution in [0.25, 0.3) is 0 Å². The molecule has 0 rings (SSSR count). The zero-order chi connectivity index (χ0) is 15.2. The molecule has 0 aromatic carbocycles. The number of aliphatic hydroxyl groups is 2. The lowest BCUT2D eigenvalue weighted by Crippen LogP contribution is -2.25. The van der Waals surface area contributed by atoms with Crippen molar-refractivity contribution in [2.24, 2.45) is 0 Å². The molecule has 0 amide bonds. The maximum absolute atomic E-state index is 10.3. The lowest BCUT2D eigenvalue weighted by molar-refractivity contribution is -0.137. The zero-order valence-electron chi connectivity index (χ0n) is 11.2. The third kappa shape index (κ3) is 10.9. The monoisotopic (exact) mass is 274 g/mol. The Morgan fingerprint density at radius 2 is 1.90 bits per heavy atom. The van der Waals surface area contributed by atoms with E-state index in [1.54, 1.807) is 6.08 Å². The van der Waals surface area contributed by atoms with Crippen LogP contribution in [0.1, 0.15) is 32.1 Å². The highest BCUT2D eigenvalue weighted by atomic mass is 16.4. The van der Waals surface area contributed by atoms with E-state index < -0.39 is 18.2 Å². The van der Waals surface area contributed by atoms with Gasteiger partial charge in [-0.1, -0.05) is 18.4 Å². The lowest BCUT2D eigenvalue weighted by atomic mass is 10.0. The van der Waals surface area contributed by atoms with Crippen LogP contribution in [0.5, 0.6) is 0 Å². The molecule has 0 aromatic rings. The van der Waals surface area contributed by atoms with Crippen LogP contribution in [0, 0.1) is 36.0 Å². The fraction of sp³-hybridized carbons (Fsp3) is 0.438. The molecule has 0 aliphatic rings. The third-order valence-corrected chi connectivity index (χ3v) is 2.43. The summed E-state index contributed by atoms with van der Waals surface area (Å²) in [5.41, 5.74) is 0. The summed E-state index contributed by atoms with van der Waals surface area (Å²) in [6, 6.07) is 0. The Bertz CT molecular complexity index is 477. The smallest absolute Gasteiger partial charge is 0.303 e. The Morgan fingerprint density at radius 3 is 2.55 bits per heavy atom. The molecule has 20 heavy (non-hydrogen) atoms. The van der Waals surface area contributed by atoms with Gasteiger partial charge in [0.2, 0.25) is 0 Å². The van der Waals surface area contributed by atoms with Crippen molar-refractivity contribution in [3.05, 3.63) is 12.2 Å². The van der Waals surface area contributed by atoms with Crippen molar-refractivity contribution < 1.29 is 20.1 Å². The molecular formula is C16H18O4. The van der Waals surface area contributed by atoms with Crippen LogP contribution < -0.4 is 0 Å². The number of hydrogen-bond donors (Lipinski definition) is 3. The van der Waals surface area contributed by atoms with Crippen LogP contribution in [-0.4, -0.2) is 33.5 Å². The van der Waals surface area contributed by atoms with E-state index in [-0.39, 0.29) is 12.8 Å². The molecule has 0 saturated carbocycles. The van der Waals surface area contributed by atoms with Gasteiger partial charge in [0.25, 0.3) is 0 Å². The standard InChI is InChI=1S/C16H18O4/c1-2-3-4-5-6-7-8-11-14(17)15(18)12-9-10-13-16(19)20/h1,7-8,14-15,17-18H,9-13H2,(H,19,20). The summed E-state index contributed by atoms with van der Waals surface area (Å²) in [7, 11) is 0. The number of carbonyl (C=O) groups is 1. The largest absolute Gasteiger partial charge is 0.481 e. The van der Waals surface area contributed by atoms with E-state index >= 15 is 0 Å². The number of terminal acetylenes is 1. The van der Waals surface area contributed by atoms with Crippen LogP contribution in [0.3, 0.4) is 0 Å². The molecule has 0 bridgehead atoms. The average molecular weight is 274 g/mol. The van der Waals surface area contributed by atoms with Gasteiger partial charge in [-0.3, -0.25) is 4.79 Å². The SMILES string of the molecule is C#CC#CC#CC=CCC(O)C(O)CCCCC(=O)O. The Kier molecular flexibility index (Phi) is 10.6. The third-order valence-electron chi connectivity index (χ3n) is 2.43. The number of aliphatic carboxylic acids is 1. The number of rotatable bonds is 8. The maximum atomic E-state index is 10.3. The van der Waals surface area contributed by atoms with E-state index in [9.17, 15) is 15.0 Å². The number of unbranched alkanes of at least 4 members (excludes halogenated alkanes) is 1. The predicted molar refractivity (Wildman–Crippen MR) is 76.3 cm³/mol. The average Bonchev–Trinajstić information content (AvgIpc) is 2.41. The first-order valence-electron chi connectivity index (χ1n) is 6.27. The van der Waals surface area contributed by atoms with Gasteiger partial charge in [-0.15, -0.1) is 6.42 Å². The number of allylic oxidation sites excluding steroid dienone is 1. The second kappa shape index (κ2) is 11.9. The minimum Gasteiger partial charge on any atom is -0.481 e. The molecule has 0 spiro atoms. The maximum Gasteiger partial charge on any atom is 0.303 e.